The third-order valence-corrected chi connectivity index (χ3v) is 1.22. The maximum atomic E-state index is 10.6. The lowest BCUT2D eigenvalue weighted by atomic mass is 10.2. The Balaban J connectivity index is 0. The highest BCUT2D eigenvalue weighted by Gasteiger charge is 2.11. The lowest BCUT2D eigenvalue weighted by Crippen LogP contribution is -2.31. The summed E-state index contributed by atoms with van der Waals surface area (Å²) in [7, 11) is 1.32. The van der Waals surface area contributed by atoms with Crippen LogP contribution in [0.2, 0.25) is 0 Å². The van der Waals surface area contributed by atoms with Crippen LogP contribution in [0, 0.1) is 0 Å². The second-order valence-electron chi connectivity index (χ2n) is 2.06. The minimum atomic E-state index is -0.506. The number of rotatable bonds is 4. The fraction of sp³-hybridized carbons (Fsp3) is 0.833. The summed E-state index contributed by atoms with van der Waals surface area (Å²) in [5.41, 5.74) is 10.6. The summed E-state index contributed by atoms with van der Waals surface area (Å²) >= 11 is 0. The van der Waals surface area contributed by atoms with Crippen LogP contribution in [0.3, 0.4) is 0 Å². The van der Waals surface area contributed by atoms with Gasteiger partial charge in [0, 0.05) is 0 Å². The molecule has 0 radical (unpaired) electrons. The van der Waals surface area contributed by atoms with Crippen LogP contribution >= 0.6 is 12.4 Å². The number of hydrogen-bond acceptors (Lipinski definition) is 4. The van der Waals surface area contributed by atoms with Gasteiger partial charge in [0.25, 0.3) is 0 Å². The summed E-state index contributed by atoms with van der Waals surface area (Å²) < 4.78 is 4.40. The number of nitrogens with two attached hydrogens (primary N) is 2. The van der Waals surface area contributed by atoms with Crippen molar-refractivity contribution in [1.82, 2.24) is 0 Å². The van der Waals surface area contributed by atoms with E-state index in [2.05, 4.69) is 4.74 Å². The predicted octanol–water partition coefficient (Wildman–Crippen LogP) is -0.353. The fourth-order valence-corrected chi connectivity index (χ4v) is 0.607. The zero-order valence-electron chi connectivity index (χ0n) is 6.58. The lowest BCUT2D eigenvalue weighted by Gasteiger charge is -2.06. The van der Waals surface area contributed by atoms with Crippen molar-refractivity contribution >= 4 is 18.4 Å². The highest BCUT2D eigenvalue weighted by atomic mass is 35.5. The number of ether oxygens (including phenoxy) is 1. The molecule has 0 fully saturated rings. The molecule has 0 aliphatic heterocycles. The van der Waals surface area contributed by atoms with Gasteiger partial charge in [-0.05, 0) is 19.4 Å². The maximum absolute atomic E-state index is 10.6. The van der Waals surface area contributed by atoms with Crippen LogP contribution in [0.5, 0.6) is 0 Å². The van der Waals surface area contributed by atoms with Crippen LogP contribution in [-0.4, -0.2) is 25.7 Å². The summed E-state index contributed by atoms with van der Waals surface area (Å²) in [5, 5.41) is 0. The van der Waals surface area contributed by atoms with E-state index in [-0.39, 0.29) is 18.4 Å². The van der Waals surface area contributed by atoms with Crippen molar-refractivity contribution in [2.24, 2.45) is 11.5 Å². The van der Waals surface area contributed by atoms with Gasteiger partial charge >= 0.3 is 5.97 Å². The molecule has 0 aliphatic carbocycles. The molecule has 1 atom stereocenters. The lowest BCUT2D eigenvalue weighted by molar-refractivity contribution is -0.142. The molecular formula is C6H15ClN2O2. The van der Waals surface area contributed by atoms with E-state index in [4.69, 9.17) is 11.5 Å². The average molecular weight is 183 g/mol. The first kappa shape index (κ1) is 13.3. The van der Waals surface area contributed by atoms with Crippen LogP contribution in [-0.2, 0) is 9.53 Å². The number of carbonyl (C=O) groups excluding carboxylic acids is 1. The highest BCUT2D eigenvalue weighted by molar-refractivity contribution is 5.85. The van der Waals surface area contributed by atoms with Crippen molar-refractivity contribution in [3.8, 4) is 0 Å². The monoisotopic (exact) mass is 182 g/mol. The van der Waals surface area contributed by atoms with Crippen molar-refractivity contribution in [3.05, 3.63) is 0 Å². The van der Waals surface area contributed by atoms with E-state index in [0.29, 0.717) is 13.0 Å². The van der Waals surface area contributed by atoms with Gasteiger partial charge < -0.3 is 16.2 Å². The topological polar surface area (TPSA) is 78.3 Å². The molecule has 4 nitrogen and oxygen atoms in total. The summed E-state index contributed by atoms with van der Waals surface area (Å²) in [5.74, 6) is -0.367. The van der Waals surface area contributed by atoms with Gasteiger partial charge in [0.15, 0.2) is 0 Å². The Labute approximate surface area is 72.7 Å². The van der Waals surface area contributed by atoms with E-state index in [1.165, 1.54) is 7.11 Å². The van der Waals surface area contributed by atoms with Crippen molar-refractivity contribution in [2.45, 2.75) is 18.9 Å². The summed E-state index contributed by atoms with van der Waals surface area (Å²) in [4.78, 5) is 10.6. The number of hydrogen-bond donors (Lipinski definition) is 2. The van der Waals surface area contributed by atoms with Crippen LogP contribution in [0.15, 0.2) is 0 Å². The Morgan fingerprint density at radius 1 is 1.64 bits per heavy atom. The van der Waals surface area contributed by atoms with Gasteiger partial charge in [-0.1, -0.05) is 0 Å². The van der Waals surface area contributed by atoms with Crippen molar-refractivity contribution < 1.29 is 9.53 Å². The molecule has 0 rings (SSSR count). The maximum Gasteiger partial charge on any atom is 0.322 e. The predicted molar refractivity (Wildman–Crippen MR) is 45.5 cm³/mol. The smallest absolute Gasteiger partial charge is 0.322 e. The normalized spacial score (nSPS) is 11.5. The zero-order valence-corrected chi connectivity index (χ0v) is 7.39. The van der Waals surface area contributed by atoms with Gasteiger partial charge in [0.2, 0.25) is 0 Å². The molecule has 5 heteroatoms. The second kappa shape index (κ2) is 7.78. The third-order valence-electron chi connectivity index (χ3n) is 1.22. The Hall–Kier alpha value is -0.320. The molecular weight excluding hydrogens is 168 g/mol. The summed E-state index contributed by atoms with van der Waals surface area (Å²) in [6, 6.07) is -0.506. The molecule has 0 saturated carbocycles. The minimum Gasteiger partial charge on any atom is -0.468 e. The number of esters is 1. The molecule has 68 valence electrons. The second-order valence-corrected chi connectivity index (χ2v) is 2.06. The van der Waals surface area contributed by atoms with Gasteiger partial charge in [-0.2, -0.15) is 0 Å². The van der Waals surface area contributed by atoms with Crippen LogP contribution in [0.1, 0.15) is 12.8 Å². The van der Waals surface area contributed by atoms with E-state index in [9.17, 15) is 4.79 Å². The molecule has 0 amide bonds. The van der Waals surface area contributed by atoms with E-state index < -0.39 is 6.04 Å². The number of halogens is 1. The van der Waals surface area contributed by atoms with Crippen molar-refractivity contribution in [1.29, 1.82) is 0 Å². The van der Waals surface area contributed by atoms with Gasteiger partial charge in [-0.3, -0.25) is 4.79 Å². The summed E-state index contributed by atoms with van der Waals surface area (Å²) in [6.45, 7) is 0.560. The Bertz CT molecular complexity index is 111. The molecule has 0 spiro atoms. The Kier molecular flexibility index (Phi) is 9.40. The molecule has 0 aliphatic rings. The molecule has 0 aromatic heterocycles. The van der Waals surface area contributed by atoms with Gasteiger partial charge in [-0.25, -0.2) is 0 Å². The van der Waals surface area contributed by atoms with E-state index in [0.717, 1.165) is 6.42 Å². The first-order valence-corrected chi connectivity index (χ1v) is 3.26. The third kappa shape index (κ3) is 6.09. The van der Waals surface area contributed by atoms with E-state index in [1.54, 1.807) is 0 Å². The zero-order chi connectivity index (χ0) is 7.98. The van der Waals surface area contributed by atoms with Crippen LogP contribution in [0.4, 0.5) is 0 Å². The van der Waals surface area contributed by atoms with Crippen molar-refractivity contribution in [3.63, 3.8) is 0 Å². The molecule has 0 bridgehead atoms. The highest BCUT2D eigenvalue weighted by Crippen LogP contribution is 1.93. The number of carbonyl (C=O) groups is 1. The van der Waals surface area contributed by atoms with Crippen LogP contribution < -0.4 is 11.5 Å². The Morgan fingerprint density at radius 2 is 2.18 bits per heavy atom. The number of methoxy groups -OCH3 is 1. The largest absolute Gasteiger partial charge is 0.468 e. The molecule has 4 N–H and O–H groups in total. The molecule has 0 unspecified atom stereocenters. The van der Waals surface area contributed by atoms with Gasteiger partial charge in [0.1, 0.15) is 6.04 Å². The molecule has 0 saturated heterocycles. The fourth-order valence-electron chi connectivity index (χ4n) is 0.607. The average Bonchev–Trinajstić information content (AvgIpc) is 1.98. The quantitative estimate of drug-likeness (QED) is 0.583. The SMILES string of the molecule is COC(=O)[C@H](N)CCCN.Cl. The van der Waals surface area contributed by atoms with E-state index in [1.807, 2.05) is 0 Å². The van der Waals surface area contributed by atoms with Gasteiger partial charge in [0.05, 0.1) is 7.11 Å². The summed E-state index contributed by atoms with van der Waals surface area (Å²) in [6.07, 6.45) is 1.36. The molecule has 0 aromatic rings. The standard InChI is InChI=1S/C6H14N2O2.ClH/c1-10-6(9)5(8)3-2-4-7;/h5H,2-4,7-8H2,1H3;1H/t5-;/m1./s1. The van der Waals surface area contributed by atoms with Gasteiger partial charge in [-0.15, -0.1) is 12.4 Å². The molecule has 0 heterocycles. The van der Waals surface area contributed by atoms with Crippen molar-refractivity contribution in [2.75, 3.05) is 13.7 Å². The molecule has 11 heavy (non-hydrogen) atoms. The first-order valence-electron chi connectivity index (χ1n) is 3.26. The Morgan fingerprint density at radius 3 is 2.55 bits per heavy atom. The first-order chi connectivity index (χ1) is 4.72. The molecule has 0 aromatic carbocycles. The van der Waals surface area contributed by atoms with E-state index >= 15 is 0 Å². The minimum absolute atomic E-state index is 0. The van der Waals surface area contributed by atoms with Crippen LogP contribution in [0.25, 0.3) is 0 Å².